The molecule has 0 aliphatic carbocycles. The van der Waals surface area contributed by atoms with Crippen molar-refractivity contribution in [3.8, 4) is 5.75 Å². The van der Waals surface area contributed by atoms with Gasteiger partial charge in [-0.3, -0.25) is 4.90 Å². The van der Waals surface area contributed by atoms with Gasteiger partial charge in [-0.05, 0) is 56.2 Å². The molecule has 0 saturated carbocycles. The van der Waals surface area contributed by atoms with Gasteiger partial charge in [-0.15, -0.1) is 0 Å². The van der Waals surface area contributed by atoms with Crippen LogP contribution in [0.1, 0.15) is 29.7 Å². The van der Waals surface area contributed by atoms with E-state index in [1.165, 1.54) is 7.11 Å². The summed E-state index contributed by atoms with van der Waals surface area (Å²) in [6.07, 6.45) is 0. The Morgan fingerprint density at radius 2 is 1.82 bits per heavy atom. The van der Waals surface area contributed by atoms with Crippen molar-refractivity contribution in [2.75, 3.05) is 19.1 Å². The third kappa shape index (κ3) is 3.47. The smallest absolute Gasteiger partial charge is 0.337 e. The molecule has 28 heavy (non-hydrogen) atoms. The van der Waals surface area contributed by atoms with Gasteiger partial charge in [0.1, 0.15) is 5.75 Å². The van der Waals surface area contributed by atoms with E-state index >= 15 is 0 Å². The maximum Gasteiger partial charge on any atom is 0.337 e. The minimum absolute atomic E-state index is 0.384. The minimum atomic E-state index is -0.390. The van der Waals surface area contributed by atoms with Crippen molar-refractivity contribution < 1.29 is 14.3 Å². The van der Waals surface area contributed by atoms with Crippen LogP contribution in [-0.4, -0.2) is 25.3 Å². The molecule has 146 valence electrons. The Morgan fingerprint density at radius 1 is 1.11 bits per heavy atom. The van der Waals surface area contributed by atoms with Gasteiger partial charge < -0.3 is 14.8 Å². The fourth-order valence-electron chi connectivity index (χ4n) is 3.53. The predicted octanol–water partition coefficient (Wildman–Crippen LogP) is 4.19. The number of benzene rings is 2. The summed E-state index contributed by atoms with van der Waals surface area (Å²) >= 11 is 5.70. The lowest BCUT2D eigenvalue weighted by Gasteiger charge is -2.38. The third-order valence-electron chi connectivity index (χ3n) is 4.96. The second-order valence-electron chi connectivity index (χ2n) is 6.74. The van der Waals surface area contributed by atoms with Crippen LogP contribution in [0.5, 0.6) is 5.75 Å². The number of nitrogens with zero attached hydrogens (tertiary/aromatic N) is 1. The van der Waals surface area contributed by atoms with Gasteiger partial charge >= 0.3 is 5.97 Å². The van der Waals surface area contributed by atoms with Crippen molar-refractivity contribution in [1.29, 1.82) is 0 Å². The van der Waals surface area contributed by atoms with Crippen LogP contribution in [0, 0.1) is 13.8 Å². The number of rotatable bonds is 4. The molecule has 1 aliphatic heterocycles. The number of carbonyl (C=O) groups excluding carboxylic acids is 1. The molecule has 5 nitrogen and oxygen atoms in total. The summed E-state index contributed by atoms with van der Waals surface area (Å²) in [5.74, 6) is 0.277. The summed E-state index contributed by atoms with van der Waals surface area (Å²) in [5.41, 5.74) is 5.19. The normalized spacial score (nSPS) is 16.7. The molecule has 0 saturated heterocycles. The fourth-order valence-corrected chi connectivity index (χ4v) is 3.88. The quantitative estimate of drug-likeness (QED) is 0.618. The number of esters is 1. The van der Waals surface area contributed by atoms with E-state index in [4.69, 9.17) is 21.7 Å². The monoisotopic (exact) mass is 396 g/mol. The molecule has 3 rings (SSSR count). The van der Waals surface area contributed by atoms with Gasteiger partial charge in [0.2, 0.25) is 0 Å². The lowest BCUT2D eigenvalue weighted by atomic mass is 9.90. The van der Waals surface area contributed by atoms with Crippen molar-refractivity contribution in [3.05, 3.63) is 70.4 Å². The second-order valence-corrected chi connectivity index (χ2v) is 7.13. The number of hydrogen-bond acceptors (Lipinski definition) is 4. The average molecular weight is 397 g/mol. The molecule has 0 bridgehead atoms. The number of anilines is 1. The molecule has 1 atom stereocenters. The van der Waals surface area contributed by atoms with E-state index in [0.29, 0.717) is 22.1 Å². The Labute approximate surface area is 170 Å². The van der Waals surface area contributed by atoms with E-state index in [9.17, 15) is 4.79 Å². The first-order valence-corrected chi connectivity index (χ1v) is 9.39. The minimum Gasteiger partial charge on any atom is -0.495 e. The molecule has 0 aromatic heterocycles. The van der Waals surface area contributed by atoms with Crippen molar-refractivity contribution >= 4 is 29.0 Å². The van der Waals surface area contributed by atoms with E-state index in [2.05, 4.69) is 17.4 Å². The molecular formula is C22H24N2O3S. The van der Waals surface area contributed by atoms with Gasteiger partial charge in [0.05, 0.1) is 31.5 Å². The van der Waals surface area contributed by atoms with Crippen LogP contribution in [0.4, 0.5) is 5.69 Å². The highest BCUT2D eigenvalue weighted by molar-refractivity contribution is 7.80. The van der Waals surface area contributed by atoms with E-state index in [0.717, 1.165) is 22.4 Å². The predicted molar refractivity (Wildman–Crippen MR) is 115 cm³/mol. The van der Waals surface area contributed by atoms with Gasteiger partial charge in [0, 0.05) is 5.70 Å². The molecule has 6 heteroatoms. The highest BCUT2D eigenvalue weighted by Crippen LogP contribution is 2.38. The van der Waals surface area contributed by atoms with Crippen LogP contribution in [0.2, 0.25) is 0 Å². The van der Waals surface area contributed by atoms with Crippen molar-refractivity contribution in [3.63, 3.8) is 0 Å². The molecule has 0 spiro atoms. The number of hydrogen-bond donors (Lipinski definition) is 1. The molecule has 0 unspecified atom stereocenters. The van der Waals surface area contributed by atoms with E-state index < -0.39 is 5.97 Å². The third-order valence-corrected chi connectivity index (χ3v) is 5.26. The topological polar surface area (TPSA) is 50.8 Å². The second kappa shape index (κ2) is 8.02. The Bertz CT molecular complexity index is 968. The summed E-state index contributed by atoms with van der Waals surface area (Å²) < 4.78 is 10.6. The van der Waals surface area contributed by atoms with Crippen LogP contribution in [0.25, 0.3) is 0 Å². The Morgan fingerprint density at radius 3 is 2.50 bits per heavy atom. The zero-order valence-corrected chi connectivity index (χ0v) is 17.5. The van der Waals surface area contributed by atoms with Crippen LogP contribution in [0.3, 0.4) is 0 Å². The van der Waals surface area contributed by atoms with Crippen LogP contribution in [0.15, 0.2) is 53.7 Å². The Hall–Kier alpha value is -2.86. The van der Waals surface area contributed by atoms with Gasteiger partial charge in [-0.1, -0.05) is 35.9 Å². The number of methoxy groups -OCH3 is 2. The first-order valence-electron chi connectivity index (χ1n) is 8.99. The first kappa shape index (κ1) is 19.9. The molecular weight excluding hydrogens is 372 g/mol. The van der Waals surface area contributed by atoms with Gasteiger partial charge in [0.15, 0.2) is 5.11 Å². The van der Waals surface area contributed by atoms with Gasteiger partial charge in [0.25, 0.3) is 0 Å². The maximum atomic E-state index is 12.8. The van der Waals surface area contributed by atoms with Crippen LogP contribution < -0.4 is 15.0 Å². The SMILES string of the molecule is COC(=O)C1=C(C)N(c2ccccc2OC)C(=S)N[C@@H]1c1cc(C)ccc1C. The average Bonchev–Trinajstić information content (AvgIpc) is 2.69. The number of aryl methyl sites for hydroxylation is 2. The maximum absolute atomic E-state index is 12.8. The van der Waals surface area contributed by atoms with E-state index in [1.54, 1.807) is 7.11 Å². The Balaban J connectivity index is 2.21. The van der Waals surface area contributed by atoms with Crippen molar-refractivity contribution in [1.82, 2.24) is 5.32 Å². The largest absolute Gasteiger partial charge is 0.495 e. The highest BCUT2D eigenvalue weighted by atomic mass is 32.1. The number of carbonyl (C=O) groups is 1. The van der Waals surface area contributed by atoms with Crippen LogP contribution in [-0.2, 0) is 9.53 Å². The van der Waals surface area contributed by atoms with Crippen molar-refractivity contribution in [2.45, 2.75) is 26.8 Å². The zero-order chi connectivity index (χ0) is 20.4. The Kier molecular flexibility index (Phi) is 5.70. The fraction of sp³-hybridized carbons (Fsp3) is 0.273. The molecule has 2 aromatic carbocycles. The summed E-state index contributed by atoms with van der Waals surface area (Å²) in [6, 6.07) is 13.4. The number of ether oxygens (including phenoxy) is 2. The number of para-hydroxylation sites is 2. The molecule has 0 amide bonds. The molecule has 0 fully saturated rings. The summed E-state index contributed by atoms with van der Waals surface area (Å²) in [6.45, 7) is 5.93. The zero-order valence-electron chi connectivity index (χ0n) is 16.7. The van der Waals surface area contributed by atoms with E-state index in [1.807, 2.05) is 56.0 Å². The first-order chi connectivity index (χ1) is 13.4. The summed E-state index contributed by atoms with van der Waals surface area (Å²) in [5, 5.41) is 3.84. The lowest BCUT2D eigenvalue weighted by Crippen LogP contribution is -2.48. The van der Waals surface area contributed by atoms with Gasteiger partial charge in [-0.25, -0.2) is 4.79 Å². The summed E-state index contributed by atoms with van der Waals surface area (Å²) in [7, 11) is 3.00. The molecule has 1 aliphatic rings. The van der Waals surface area contributed by atoms with Gasteiger partial charge in [-0.2, -0.15) is 0 Å². The molecule has 1 heterocycles. The van der Waals surface area contributed by atoms with Crippen LogP contribution >= 0.6 is 12.2 Å². The lowest BCUT2D eigenvalue weighted by molar-refractivity contribution is -0.136. The number of nitrogens with one attached hydrogen (secondary N) is 1. The molecule has 1 N–H and O–H groups in total. The summed E-state index contributed by atoms with van der Waals surface area (Å²) in [4.78, 5) is 14.6. The van der Waals surface area contributed by atoms with E-state index in [-0.39, 0.29) is 6.04 Å². The number of thiocarbonyl (C=S) groups is 1. The molecule has 2 aromatic rings. The standard InChI is InChI=1S/C22H24N2O3S/c1-13-10-11-14(2)16(12-13)20-19(21(25)27-5)15(3)24(22(28)23-20)17-8-6-7-9-18(17)26-4/h6-12,20H,1-5H3,(H,23,28)/t20-/m1/s1. The molecule has 0 radical (unpaired) electrons. The number of allylic oxidation sites excluding steroid dienone is 1. The van der Waals surface area contributed by atoms with Crippen molar-refractivity contribution in [2.24, 2.45) is 0 Å². The highest BCUT2D eigenvalue weighted by Gasteiger charge is 2.36.